The van der Waals surface area contributed by atoms with Crippen LogP contribution in [0.5, 0.6) is 5.75 Å². The maximum Gasteiger partial charge on any atom is 0.256 e. The fraction of sp³-hybridized carbons (Fsp3) is 0.280. The number of aryl methyl sites for hydroxylation is 1. The molecule has 0 radical (unpaired) electrons. The maximum absolute atomic E-state index is 12.4. The van der Waals surface area contributed by atoms with Crippen molar-refractivity contribution in [3.8, 4) is 5.75 Å². The Balaban J connectivity index is 1.65. The Bertz CT molecular complexity index is 1260. The highest BCUT2D eigenvalue weighted by Gasteiger charge is 2.19. The van der Waals surface area contributed by atoms with E-state index in [9.17, 15) is 4.79 Å². The van der Waals surface area contributed by atoms with Crippen molar-refractivity contribution >= 4 is 10.9 Å². The first-order valence-corrected chi connectivity index (χ1v) is 10.5. The first kappa shape index (κ1) is 20.9. The highest BCUT2D eigenvalue weighted by molar-refractivity contribution is 5.85. The summed E-state index contributed by atoms with van der Waals surface area (Å²) in [6.45, 7) is 7.27. The predicted octanol–water partition coefficient (Wildman–Crippen LogP) is 4.25. The Labute approximate surface area is 181 Å². The summed E-state index contributed by atoms with van der Waals surface area (Å²) in [5.74, 6) is 0.606. The number of hydrogen-bond acceptors (Lipinski definition) is 4. The lowest BCUT2D eigenvalue weighted by Gasteiger charge is -2.18. The van der Waals surface area contributed by atoms with Gasteiger partial charge in [0.2, 0.25) is 0 Å². The third-order valence-electron chi connectivity index (χ3n) is 5.91. The number of pyridine rings is 2. The zero-order valence-corrected chi connectivity index (χ0v) is 18.4. The Hall–Kier alpha value is -3.38. The monoisotopic (exact) mass is 416 g/mol. The summed E-state index contributed by atoms with van der Waals surface area (Å²) in [5.41, 5.74) is 6.03. The largest absolute Gasteiger partial charge is 0.496 e. The molecule has 0 aliphatic carbocycles. The lowest BCUT2D eigenvalue weighted by atomic mass is 10.1. The van der Waals surface area contributed by atoms with E-state index in [0.717, 1.165) is 11.2 Å². The second kappa shape index (κ2) is 8.78. The molecule has 0 spiro atoms. The van der Waals surface area contributed by atoms with Gasteiger partial charge in [0.05, 0.1) is 30.4 Å². The molecule has 31 heavy (non-hydrogen) atoms. The lowest BCUT2D eigenvalue weighted by molar-refractivity contribution is 0.405. The summed E-state index contributed by atoms with van der Waals surface area (Å²) < 4.78 is 7.76. The van der Waals surface area contributed by atoms with E-state index in [2.05, 4.69) is 64.0 Å². The van der Waals surface area contributed by atoms with Gasteiger partial charge in [-0.05, 0) is 44.0 Å². The van der Waals surface area contributed by atoms with E-state index in [1.54, 1.807) is 7.11 Å². The average Bonchev–Trinajstić information content (AvgIpc) is 3.06. The van der Waals surface area contributed by atoms with E-state index in [1.807, 2.05) is 31.5 Å². The van der Waals surface area contributed by atoms with Crippen LogP contribution in [-0.2, 0) is 13.1 Å². The number of rotatable bonds is 7. The van der Waals surface area contributed by atoms with Gasteiger partial charge in [-0.15, -0.1) is 0 Å². The summed E-state index contributed by atoms with van der Waals surface area (Å²) in [6, 6.07) is 14.6. The molecular formula is C25H28N4O2. The molecule has 6 nitrogen and oxygen atoms in total. The average molecular weight is 417 g/mol. The van der Waals surface area contributed by atoms with Crippen LogP contribution in [0.15, 0.2) is 59.7 Å². The minimum atomic E-state index is -0.120. The second-order valence-corrected chi connectivity index (χ2v) is 7.85. The minimum Gasteiger partial charge on any atom is -0.496 e. The number of methoxy groups -OCH3 is 1. The Morgan fingerprint density at radius 2 is 1.87 bits per heavy atom. The van der Waals surface area contributed by atoms with Crippen LogP contribution in [0.1, 0.15) is 41.0 Å². The molecule has 6 heteroatoms. The van der Waals surface area contributed by atoms with Crippen molar-refractivity contribution in [3.05, 3.63) is 93.3 Å². The molecule has 160 valence electrons. The van der Waals surface area contributed by atoms with Crippen molar-refractivity contribution < 1.29 is 4.74 Å². The van der Waals surface area contributed by atoms with Crippen LogP contribution in [0.3, 0.4) is 0 Å². The van der Waals surface area contributed by atoms with Crippen molar-refractivity contribution in [3.63, 3.8) is 0 Å². The highest BCUT2D eigenvalue weighted by Crippen LogP contribution is 2.31. The first-order valence-electron chi connectivity index (χ1n) is 10.5. The number of H-pyrrole nitrogens is 1. The minimum absolute atomic E-state index is 0.120. The van der Waals surface area contributed by atoms with Crippen LogP contribution < -0.4 is 15.6 Å². The van der Waals surface area contributed by atoms with Crippen molar-refractivity contribution in [2.24, 2.45) is 0 Å². The number of fused-ring (bicyclic) bond motifs is 1. The molecule has 0 saturated carbocycles. The van der Waals surface area contributed by atoms with Gasteiger partial charge in [0, 0.05) is 36.1 Å². The Morgan fingerprint density at radius 3 is 2.61 bits per heavy atom. The van der Waals surface area contributed by atoms with E-state index in [1.165, 1.54) is 22.2 Å². The van der Waals surface area contributed by atoms with Gasteiger partial charge in [-0.1, -0.05) is 30.3 Å². The number of aromatic nitrogens is 3. The fourth-order valence-electron chi connectivity index (χ4n) is 4.31. The van der Waals surface area contributed by atoms with Crippen LogP contribution in [0.25, 0.3) is 10.9 Å². The summed E-state index contributed by atoms with van der Waals surface area (Å²) in [6.07, 6.45) is 3.76. The second-order valence-electron chi connectivity index (χ2n) is 7.85. The molecule has 1 unspecified atom stereocenters. The van der Waals surface area contributed by atoms with Crippen molar-refractivity contribution in [1.29, 1.82) is 0 Å². The summed E-state index contributed by atoms with van der Waals surface area (Å²) in [7, 11) is 1.59. The first-order chi connectivity index (χ1) is 15.0. The van der Waals surface area contributed by atoms with Gasteiger partial charge in [0.25, 0.3) is 5.56 Å². The Kier molecular flexibility index (Phi) is 5.91. The summed E-state index contributed by atoms with van der Waals surface area (Å²) in [4.78, 5) is 19.6. The lowest BCUT2D eigenvalue weighted by Crippen LogP contribution is -2.22. The van der Waals surface area contributed by atoms with Gasteiger partial charge >= 0.3 is 0 Å². The van der Waals surface area contributed by atoms with E-state index in [0.29, 0.717) is 24.4 Å². The predicted molar refractivity (Wildman–Crippen MR) is 124 cm³/mol. The van der Waals surface area contributed by atoms with E-state index in [4.69, 9.17) is 4.74 Å². The van der Waals surface area contributed by atoms with Gasteiger partial charge in [-0.25, -0.2) is 0 Å². The van der Waals surface area contributed by atoms with Crippen molar-refractivity contribution in [2.45, 2.75) is 39.9 Å². The van der Waals surface area contributed by atoms with Crippen LogP contribution in [0, 0.1) is 13.8 Å². The number of nitrogens with zero attached hydrogens (tertiary/aromatic N) is 2. The molecule has 4 aromatic rings. The number of nitrogens with one attached hydrogen (secondary N) is 2. The molecule has 0 aliphatic heterocycles. The zero-order chi connectivity index (χ0) is 22.0. The fourth-order valence-corrected chi connectivity index (χ4v) is 4.31. The van der Waals surface area contributed by atoms with E-state index in [-0.39, 0.29) is 11.6 Å². The SMILES string of the molecule is COc1cc(C)[nH]c(=O)c1CNCc1c(C)n(C(C)c2ccccc2)c2cnccc12. The molecule has 1 atom stereocenters. The van der Waals surface area contributed by atoms with Crippen LogP contribution >= 0.6 is 0 Å². The molecule has 3 aromatic heterocycles. The third kappa shape index (κ3) is 3.99. The molecule has 0 fully saturated rings. The molecule has 0 amide bonds. The molecule has 0 bridgehead atoms. The normalized spacial score (nSPS) is 12.3. The topological polar surface area (TPSA) is 71.9 Å². The van der Waals surface area contributed by atoms with Crippen LogP contribution in [0.4, 0.5) is 0 Å². The quantitative estimate of drug-likeness (QED) is 0.472. The van der Waals surface area contributed by atoms with Gasteiger partial charge in [0.1, 0.15) is 5.75 Å². The van der Waals surface area contributed by atoms with Crippen molar-refractivity contribution in [2.75, 3.05) is 7.11 Å². The molecule has 0 saturated heterocycles. The van der Waals surface area contributed by atoms with E-state index >= 15 is 0 Å². The maximum atomic E-state index is 12.4. The van der Waals surface area contributed by atoms with Gasteiger partial charge in [-0.3, -0.25) is 9.78 Å². The van der Waals surface area contributed by atoms with E-state index < -0.39 is 0 Å². The standard InChI is InChI=1S/C25H28N4O2/c1-16-12-24(31-4)22(25(30)28-16)14-27-13-21-18(3)29(23-15-26-11-10-20(21)23)17(2)19-8-6-5-7-9-19/h5-12,15,17,27H,13-14H2,1-4H3,(H,28,30). The van der Waals surface area contributed by atoms with Crippen LogP contribution in [-0.4, -0.2) is 21.6 Å². The van der Waals surface area contributed by atoms with Crippen molar-refractivity contribution in [1.82, 2.24) is 19.9 Å². The number of ether oxygens (including phenoxy) is 1. The molecule has 0 aliphatic rings. The summed E-state index contributed by atoms with van der Waals surface area (Å²) >= 11 is 0. The number of aromatic amines is 1. The molecular weight excluding hydrogens is 388 g/mol. The summed E-state index contributed by atoms with van der Waals surface area (Å²) in [5, 5.41) is 4.62. The molecule has 2 N–H and O–H groups in total. The van der Waals surface area contributed by atoms with Gasteiger partial charge < -0.3 is 19.6 Å². The third-order valence-corrected chi connectivity index (χ3v) is 5.91. The molecule has 3 heterocycles. The number of hydrogen-bond donors (Lipinski definition) is 2. The van der Waals surface area contributed by atoms with Gasteiger partial charge in [-0.2, -0.15) is 0 Å². The molecule has 4 rings (SSSR count). The smallest absolute Gasteiger partial charge is 0.256 e. The highest BCUT2D eigenvalue weighted by atomic mass is 16.5. The number of benzene rings is 1. The Morgan fingerprint density at radius 1 is 1.13 bits per heavy atom. The van der Waals surface area contributed by atoms with Crippen LogP contribution in [0.2, 0.25) is 0 Å². The van der Waals surface area contributed by atoms with Gasteiger partial charge in [0.15, 0.2) is 0 Å². The zero-order valence-electron chi connectivity index (χ0n) is 18.4. The molecule has 1 aromatic carbocycles.